The molecule has 2 aromatic rings. The highest BCUT2D eigenvalue weighted by Gasteiger charge is 2.27. The average molecular weight is 429 g/mol. The van der Waals surface area contributed by atoms with Crippen molar-refractivity contribution in [3.63, 3.8) is 0 Å². The number of guanidine groups is 1. The van der Waals surface area contributed by atoms with Crippen molar-refractivity contribution in [1.82, 2.24) is 14.9 Å². The quantitative estimate of drug-likeness (QED) is 0.521. The summed E-state index contributed by atoms with van der Waals surface area (Å²) in [7, 11) is -3.44. The highest BCUT2D eigenvalue weighted by molar-refractivity contribution is 7.91. The van der Waals surface area contributed by atoms with Gasteiger partial charge < -0.3 is 15.4 Å². The van der Waals surface area contributed by atoms with Gasteiger partial charge in [0.05, 0.1) is 26.3 Å². The van der Waals surface area contributed by atoms with E-state index in [1.807, 2.05) is 24.4 Å². The molecule has 7 nitrogen and oxygen atoms in total. The lowest BCUT2D eigenvalue weighted by Gasteiger charge is -2.25. The summed E-state index contributed by atoms with van der Waals surface area (Å²) in [5.74, 6) is 0.719. The van der Waals surface area contributed by atoms with Gasteiger partial charge in [0.15, 0.2) is 5.96 Å². The molecule has 2 aromatic heterocycles. The van der Waals surface area contributed by atoms with Crippen LogP contribution in [0.5, 0.6) is 0 Å². The van der Waals surface area contributed by atoms with Gasteiger partial charge in [-0.2, -0.15) is 4.31 Å². The molecule has 3 heterocycles. The number of aliphatic imine (C=N–C) groups is 1. The molecule has 1 aliphatic heterocycles. The molecule has 0 atom stereocenters. The van der Waals surface area contributed by atoms with Crippen LogP contribution < -0.4 is 10.6 Å². The lowest BCUT2D eigenvalue weighted by Crippen LogP contribution is -2.40. The Morgan fingerprint density at radius 2 is 2.04 bits per heavy atom. The van der Waals surface area contributed by atoms with Crippen molar-refractivity contribution < 1.29 is 13.2 Å². The van der Waals surface area contributed by atoms with Crippen molar-refractivity contribution in [2.75, 3.05) is 32.8 Å². The third-order valence-electron chi connectivity index (χ3n) is 3.95. The monoisotopic (exact) mass is 428 g/mol. The number of ether oxygens (including phenoxy) is 1. The average Bonchev–Trinajstić information content (AvgIpc) is 3.37. The first-order valence-corrected chi connectivity index (χ1v) is 11.9. The van der Waals surface area contributed by atoms with Gasteiger partial charge in [-0.1, -0.05) is 6.07 Å². The molecule has 0 radical (unpaired) electrons. The fourth-order valence-corrected chi connectivity index (χ4v) is 6.07. The highest BCUT2D eigenvalue weighted by Crippen LogP contribution is 2.26. The standard InChI is InChI=1S/C17H24N4O3S3/c1-2-18-17(19-12-14-4-3-11-25-14)20-13-15-5-6-16(26-15)27(22,23)21-7-9-24-10-8-21/h3-6,11H,2,7-10,12-13H2,1H3,(H2,18,19,20). The summed E-state index contributed by atoms with van der Waals surface area (Å²) >= 11 is 2.97. The molecule has 0 bridgehead atoms. The van der Waals surface area contributed by atoms with E-state index >= 15 is 0 Å². The summed E-state index contributed by atoms with van der Waals surface area (Å²) in [5.41, 5.74) is 0. The molecule has 0 aromatic carbocycles. The summed E-state index contributed by atoms with van der Waals surface area (Å²) < 4.78 is 32.5. The van der Waals surface area contributed by atoms with Gasteiger partial charge in [-0.3, -0.25) is 0 Å². The van der Waals surface area contributed by atoms with Gasteiger partial charge in [0.25, 0.3) is 10.0 Å². The zero-order chi connectivity index (χ0) is 19.1. The minimum atomic E-state index is -3.44. The molecule has 27 heavy (non-hydrogen) atoms. The van der Waals surface area contributed by atoms with E-state index in [9.17, 15) is 8.42 Å². The maximum atomic E-state index is 12.7. The minimum absolute atomic E-state index is 0.367. The number of hydrogen-bond acceptors (Lipinski definition) is 6. The third-order valence-corrected chi connectivity index (χ3v) is 8.26. The maximum Gasteiger partial charge on any atom is 0.252 e. The molecular formula is C17H24N4O3S3. The molecule has 0 amide bonds. The molecule has 0 spiro atoms. The van der Waals surface area contributed by atoms with Crippen molar-refractivity contribution in [3.05, 3.63) is 39.4 Å². The first-order chi connectivity index (χ1) is 13.1. The summed E-state index contributed by atoms with van der Waals surface area (Å²) in [4.78, 5) is 6.72. The summed E-state index contributed by atoms with van der Waals surface area (Å²) in [6.07, 6.45) is 0. The largest absolute Gasteiger partial charge is 0.379 e. The number of thiophene rings is 2. The maximum absolute atomic E-state index is 12.7. The normalized spacial score (nSPS) is 16.4. The van der Waals surface area contributed by atoms with Crippen LogP contribution in [-0.4, -0.2) is 51.5 Å². The van der Waals surface area contributed by atoms with Crippen LogP contribution in [0.3, 0.4) is 0 Å². The number of rotatable bonds is 7. The second-order valence-electron chi connectivity index (χ2n) is 5.87. The molecule has 0 unspecified atom stereocenters. The fraction of sp³-hybridized carbons (Fsp3) is 0.471. The molecule has 10 heteroatoms. The van der Waals surface area contributed by atoms with Crippen molar-refractivity contribution in [3.8, 4) is 0 Å². The number of nitrogens with one attached hydrogen (secondary N) is 2. The number of hydrogen-bond donors (Lipinski definition) is 2. The molecule has 0 aliphatic carbocycles. The van der Waals surface area contributed by atoms with Crippen molar-refractivity contribution in [1.29, 1.82) is 0 Å². The number of sulfonamides is 1. The van der Waals surface area contributed by atoms with Crippen LogP contribution in [0.25, 0.3) is 0 Å². The molecule has 1 saturated heterocycles. The van der Waals surface area contributed by atoms with Gasteiger partial charge >= 0.3 is 0 Å². The number of nitrogens with zero attached hydrogens (tertiary/aromatic N) is 2. The van der Waals surface area contributed by atoms with E-state index in [0.29, 0.717) is 43.6 Å². The van der Waals surface area contributed by atoms with Crippen LogP contribution in [-0.2, 0) is 27.8 Å². The second kappa shape index (κ2) is 9.65. The third kappa shape index (κ3) is 5.52. The molecule has 3 rings (SSSR count). The van der Waals surface area contributed by atoms with Gasteiger partial charge in [0.2, 0.25) is 0 Å². The van der Waals surface area contributed by atoms with E-state index in [-0.39, 0.29) is 0 Å². The van der Waals surface area contributed by atoms with E-state index < -0.39 is 10.0 Å². The fourth-order valence-electron chi connectivity index (χ4n) is 2.58. The van der Waals surface area contributed by atoms with Crippen LogP contribution in [0.2, 0.25) is 0 Å². The first kappa shape index (κ1) is 20.3. The molecule has 2 N–H and O–H groups in total. The smallest absolute Gasteiger partial charge is 0.252 e. The Balaban J connectivity index is 1.63. The van der Waals surface area contributed by atoms with Gasteiger partial charge in [0, 0.05) is 29.4 Å². The van der Waals surface area contributed by atoms with Gasteiger partial charge in [-0.05, 0) is 30.5 Å². The van der Waals surface area contributed by atoms with E-state index in [4.69, 9.17) is 4.74 Å². The van der Waals surface area contributed by atoms with Crippen LogP contribution in [0.15, 0.2) is 38.8 Å². The first-order valence-electron chi connectivity index (χ1n) is 8.81. The van der Waals surface area contributed by atoms with Gasteiger partial charge in [0.1, 0.15) is 4.21 Å². The zero-order valence-corrected chi connectivity index (χ0v) is 17.6. The Hall–Kier alpha value is -1.46. The second-order valence-corrected chi connectivity index (χ2v) is 10.2. The van der Waals surface area contributed by atoms with E-state index in [2.05, 4.69) is 21.7 Å². The SMILES string of the molecule is CCNC(=NCc1ccc(S(=O)(=O)N2CCOCC2)s1)NCc1cccs1. The Morgan fingerprint density at radius 3 is 2.74 bits per heavy atom. The van der Waals surface area contributed by atoms with Crippen LogP contribution in [0.1, 0.15) is 16.7 Å². The van der Waals surface area contributed by atoms with Crippen LogP contribution >= 0.6 is 22.7 Å². The number of morpholine rings is 1. The van der Waals surface area contributed by atoms with Crippen molar-refractivity contribution >= 4 is 38.7 Å². The summed E-state index contributed by atoms with van der Waals surface area (Å²) in [6.45, 7) is 5.63. The Morgan fingerprint density at radius 1 is 1.22 bits per heavy atom. The predicted molar refractivity (Wildman–Crippen MR) is 110 cm³/mol. The molecule has 0 saturated carbocycles. The Kier molecular flexibility index (Phi) is 7.25. The van der Waals surface area contributed by atoms with Crippen molar-refractivity contribution in [2.24, 2.45) is 4.99 Å². The molecule has 1 aliphatic rings. The summed E-state index contributed by atoms with van der Waals surface area (Å²) in [5, 5.41) is 8.55. The minimum Gasteiger partial charge on any atom is -0.379 e. The molecule has 1 fully saturated rings. The lowest BCUT2D eigenvalue weighted by molar-refractivity contribution is 0.0731. The van der Waals surface area contributed by atoms with Gasteiger partial charge in [-0.15, -0.1) is 22.7 Å². The zero-order valence-electron chi connectivity index (χ0n) is 15.2. The van der Waals surface area contributed by atoms with Crippen LogP contribution in [0.4, 0.5) is 0 Å². The summed E-state index contributed by atoms with van der Waals surface area (Å²) in [6, 6.07) is 7.60. The van der Waals surface area contributed by atoms with E-state index in [1.165, 1.54) is 20.5 Å². The lowest BCUT2D eigenvalue weighted by atomic mass is 10.4. The van der Waals surface area contributed by atoms with E-state index in [1.54, 1.807) is 17.4 Å². The van der Waals surface area contributed by atoms with Crippen LogP contribution in [0, 0.1) is 0 Å². The van der Waals surface area contributed by atoms with Gasteiger partial charge in [-0.25, -0.2) is 13.4 Å². The predicted octanol–water partition coefficient (Wildman–Crippen LogP) is 2.09. The topological polar surface area (TPSA) is 83.0 Å². The highest BCUT2D eigenvalue weighted by atomic mass is 32.2. The molecular weight excluding hydrogens is 404 g/mol. The Labute approximate surface area is 168 Å². The van der Waals surface area contributed by atoms with E-state index in [0.717, 1.165) is 17.4 Å². The molecule has 148 valence electrons. The Bertz CT molecular complexity index is 841. The van der Waals surface area contributed by atoms with Crippen molar-refractivity contribution in [2.45, 2.75) is 24.2 Å².